The zero-order chi connectivity index (χ0) is 36.4. The molecule has 2 aliphatic rings. The average molecular weight is 728 g/mol. The molecule has 1 fully saturated rings. The molecule has 1 aromatic heterocycles. The predicted octanol–water partition coefficient (Wildman–Crippen LogP) is 8.25. The van der Waals surface area contributed by atoms with Crippen molar-refractivity contribution in [2.24, 2.45) is 11.1 Å². The number of primary sulfonamides is 1. The highest BCUT2D eigenvalue weighted by Gasteiger charge is 2.36. The third kappa shape index (κ3) is 10.1. The van der Waals surface area contributed by atoms with Gasteiger partial charge in [-0.15, -0.1) is 0 Å². The van der Waals surface area contributed by atoms with Gasteiger partial charge in [-0.1, -0.05) is 113 Å². The topological polar surface area (TPSA) is 132 Å². The molecule has 0 bridgehead atoms. The first-order chi connectivity index (χ1) is 24.6. The minimum Gasteiger partial charge on any atom is -0.490 e. The summed E-state index contributed by atoms with van der Waals surface area (Å²) in [6.45, 7) is 5.61. The summed E-state index contributed by atoms with van der Waals surface area (Å²) in [5, 5.41) is 5.27. The van der Waals surface area contributed by atoms with E-state index < -0.39 is 10.0 Å². The number of carbonyl (C=O) groups excluding carboxylic acids is 1. The van der Waals surface area contributed by atoms with Crippen molar-refractivity contribution >= 4 is 54.7 Å². The maximum Gasteiger partial charge on any atom is 0.249 e. The third-order valence-electron chi connectivity index (χ3n) is 9.15. The van der Waals surface area contributed by atoms with Gasteiger partial charge < -0.3 is 20.3 Å². The van der Waals surface area contributed by atoms with E-state index in [4.69, 9.17) is 10.5 Å². The number of ether oxygens (including phenoxy) is 1. The molecule has 1 aliphatic carbocycles. The lowest BCUT2D eigenvalue weighted by atomic mass is 9.84. The lowest BCUT2D eigenvalue weighted by Crippen LogP contribution is -2.52. The maximum absolute atomic E-state index is 15.0. The Morgan fingerprint density at radius 2 is 1.61 bits per heavy atom. The summed E-state index contributed by atoms with van der Waals surface area (Å²) < 4.78 is 30.4. The van der Waals surface area contributed by atoms with Crippen LogP contribution < -0.4 is 25.4 Å². The number of nitrogens with zero attached hydrogens (tertiary/aromatic N) is 3. The number of hydrogen-bond donors (Lipinski definition) is 2. The standard InChI is InChI=1S/C37H38N4O2S.C2H6.CH5NO2S/c38-36-31-24-30(17-19-35(31)44-39-36)41(25-27-12-6-2-7-13-27)33(22-26-10-4-1-5-11-26)37(42)40-20-21-43-34-23-29(16-18-32(34)40)28-14-8-3-9-15-28;1-2;1-5(2,3)4/h2-3,6-9,12-19,23-24,26,33H,1,4-5,10-11,20-22,25H2,(H2,38,39);1-2H3;1H3,(H2,2,3,4). The molecule has 2 heterocycles. The molecule has 7 rings (SSSR count). The lowest BCUT2D eigenvalue weighted by molar-refractivity contribution is -0.120. The van der Waals surface area contributed by atoms with Gasteiger partial charge in [-0.05, 0) is 70.9 Å². The zero-order valence-electron chi connectivity index (χ0n) is 29.7. The summed E-state index contributed by atoms with van der Waals surface area (Å²) in [7, 11) is -3.17. The summed E-state index contributed by atoms with van der Waals surface area (Å²) >= 11 is 1.41. The summed E-state index contributed by atoms with van der Waals surface area (Å²) in [5.41, 5.74) is 11.5. The molecule has 1 saturated carbocycles. The fourth-order valence-electron chi connectivity index (χ4n) is 6.82. The van der Waals surface area contributed by atoms with Crippen molar-refractivity contribution in [2.75, 3.05) is 34.9 Å². The Labute approximate surface area is 306 Å². The lowest BCUT2D eigenvalue weighted by Gasteiger charge is -2.40. The van der Waals surface area contributed by atoms with Crippen LogP contribution in [-0.4, -0.2) is 44.1 Å². The molecule has 4 aromatic carbocycles. The van der Waals surface area contributed by atoms with Crippen LogP contribution in [-0.2, 0) is 21.4 Å². The molecule has 9 nitrogen and oxygen atoms in total. The Bertz CT molecular complexity index is 1970. The number of amides is 1. The van der Waals surface area contributed by atoms with Gasteiger partial charge in [0.1, 0.15) is 24.2 Å². The minimum absolute atomic E-state index is 0.125. The van der Waals surface area contributed by atoms with Crippen LogP contribution in [0.15, 0.2) is 97.1 Å². The van der Waals surface area contributed by atoms with Crippen molar-refractivity contribution in [3.05, 3.63) is 103 Å². The maximum atomic E-state index is 15.0. The first-order valence-electron chi connectivity index (χ1n) is 17.7. The fraction of sp³-hybridized carbons (Fsp3) is 0.350. The number of rotatable bonds is 8. The van der Waals surface area contributed by atoms with E-state index in [1.165, 1.54) is 49.2 Å². The second kappa shape index (κ2) is 17.7. The van der Waals surface area contributed by atoms with Crippen LogP contribution in [0.2, 0.25) is 0 Å². The Morgan fingerprint density at radius 1 is 0.941 bits per heavy atom. The predicted molar refractivity (Wildman–Crippen MR) is 212 cm³/mol. The van der Waals surface area contributed by atoms with Gasteiger partial charge in [-0.2, -0.15) is 4.37 Å². The van der Waals surface area contributed by atoms with Crippen molar-refractivity contribution in [3.8, 4) is 16.9 Å². The van der Waals surface area contributed by atoms with Crippen LogP contribution in [0.25, 0.3) is 21.2 Å². The Balaban J connectivity index is 0.000000665. The van der Waals surface area contributed by atoms with Gasteiger partial charge >= 0.3 is 0 Å². The molecule has 1 unspecified atom stereocenters. The average Bonchev–Trinajstić information content (AvgIpc) is 3.53. The molecular weight excluding hydrogens is 679 g/mol. The summed E-state index contributed by atoms with van der Waals surface area (Å²) in [4.78, 5) is 19.3. The fourth-order valence-corrected chi connectivity index (χ4v) is 7.51. The van der Waals surface area contributed by atoms with Crippen LogP contribution in [0.5, 0.6) is 5.75 Å². The Morgan fingerprint density at radius 3 is 2.29 bits per heavy atom. The molecule has 0 radical (unpaired) electrons. The molecule has 11 heteroatoms. The van der Waals surface area contributed by atoms with Crippen molar-refractivity contribution in [2.45, 2.75) is 65.0 Å². The highest BCUT2D eigenvalue weighted by molar-refractivity contribution is 7.88. The molecule has 5 aromatic rings. The van der Waals surface area contributed by atoms with E-state index in [2.05, 4.69) is 87.2 Å². The number of benzene rings is 4. The van der Waals surface area contributed by atoms with Crippen LogP contribution in [0, 0.1) is 5.92 Å². The number of sulfonamides is 1. The Kier molecular flexibility index (Phi) is 13.1. The first-order valence-corrected chi connectivity index (χ1v) is 20.4. The van der Waals surface area contributed by atoms with E-state index in [1.54, 1.807) is 0 Å². The summed E-state index contributed by atoms with van der Waals surface area (Å²) in [6, 6.07) is 33.0. The van der Waals surface area contributed by atoms with E-state index >= 15 is 0 Å². The van der Waals surface area contributed by atoms with E-state index in [1.807, 2.05) is 43.0 Å². The van der Waals surface area contributed by atoms with Gasteiger partial charge in [0.25, 0.3) is 0 Å². The van der Waals surface area contributed by atoms with Crippen LogP contribution in [0.4, 0.5) is 17.2 Å². The highest BCUT2D eigenvalue weighted by atomic mass is 32.2. The number of nitrogen functional groups attached to an aromatic ring is 1. The largest absolute Gasteiger partial charge is 0.490 e. The van der Waals surface area contributed by atoms with E-state index in [-0.39, 0.29) is 11.9 Å². The quantitative estimate of drug-likeness (QED) is 0.165. The smallest absolute Gasteiger partial charge is 0.249 e. The molecule has 0 saturated heterocycles. The van der Waals surface area contributed by atoms with Gasteiger partial charge in [0.15, 0.2) is 0 Å². The zero-order valence-corrected chi connectivity index (χ0v) is 31.3. The van der Waals surface area contributed by atoms with Crippen molar-refractivity contribution in [3.63, 3.8) is 0 Å². The monoisotopic (exact) mass is 727 g/mol. The van der Waals surface area contributed by atoms with E-state index in [0.717, 1.165) is 51.0 Å². The molecular formula is C40H49N5O4S2. The van der Waals surface area contributed by atoms with Crippen molar-refractivity contribution in [1.82, 2.24) is 4.37 Å². The first kappa shape index (κ1) is 37.8. The van der Waals surface area contributed by atoms with Gasteiger partial charge in [-0.3, -0.25) is 4.79 Å². The van der Waals surface area contributed by atoms with Crippen LogP contribution in [0.3, 0.4) is 0 Å². The number of aromatic nitrogens is 1. The molecule has 270 valence electrons. The molecule has 1 amide bonds. The second-order valence-corrected chi connectivity index (χ2v) is 15.3. The molecule has 51 heavy (non-hydrogen) atoms. The number of fused-ring (bicyclic) bond motifs is 2. The third-order valence-corrected chi connectivity index (χ3v) is 9.99. The number of carbonyl (C=O) groups is 1. The number of anilines is 3. The van der Waals surface area contributed by atoms with E-state index in [0.29, 0.717) is 31.4 Å². The molecule has 4 N–H and O–H groups in total. The molecule has 1 atom stereocenters. The van der Waals surface area contributed by atoms with Gasteiger partial charge in [0, 0.05) is 17.6 Å². The molecule has 0 spiro atoms. The number of hydrogen-bond acceptors (Lipinski definition) is 8. The summed E-state index contributed by atoms with van der Waals surface area (Å²) in [5.74, 6) is 1.93. The molecule has 1 aliphatic heterocycles. The van der Waals surface area contributed by atoms with Crippen LogP contribution >= 0.6 is 11.5 Å². The van der Waals surface area contributed by atoms with Crippen molar-refractivity contribution in [1.29, 1.82) is 0 Å². The minimum atomic E-state index is -3.17. The second-order valence-electron chi connectivity index (χ2n) is 12.8. The summed E-state index contributed by atoms with van der Waals surface area (Å²) in [6.07, 6.45) is 7.84. The normalized spacial score (nSPS) is 14.9. The van der Waals surface area contributed by atoms with Gasteiger partial charge in [0.05, 0.1) is 23.2 Å². The number of nitrogens with two attached hydrogens (primary N) is 2. The van der Waals surface area contributed by atoms with Gasteiger partial charge in [0.2, 0.25) is 15.9 Å². The van der Waals surface area contributed by atoms with E-state index in [9.17, 15) is 13.2 Å². The van der Waals surface area contributed by atoms with Crippen molar-refractivity contribution < 1.29 is 17.9 Å². The highest BCUT2D eigenvalue weighted by Crippen LogP contribution is 2.39. The SMILES string of the molecule is CC.CS(N)(=O)=O.Nc1nsc2ccc(N(Cc3ccccc3)C(CC3CCCCC3)C(=O)N3CCOc4cc(-c5ccccc5)ccc43)cc12. The Hall–Kier alpha value is -4.45. The van der Waals surface area contributed by atoms with Crippen LogP contribution in [0.1, 0.15) is 57.9 Å². The van der Waals surface area contributed by atoms with Gasteiger partial charge in [-0.25, -0.2) is 13.6 Å².